The lowest BCUT2D eigenvalue weighted by Gasteiger charge is -2.20. The molecule has 0 aromatic rings. The first-order valence-corrected chi connectivity index (χ1v) is 5.54. The van der Waals surface area contributed by atoms with Crippen molar-refractivity contribution in [3.63, 3.8) is 0 Å². The number of carbonyl (C=O) groups excluding carboxylic acids is 1. The Kier molecular flexibility index (Phi) is 2.99. The maximum absolute atomic E-state index is 10.3. The topological polar surface area (TPSA) is 20.3 Å². The third kappa shape index (κ3) is 3.47. The highest BCUT2D eigenvalue weighted by Crippen LogP contribution is 2.33. The van der Waals surface area contributed by atoms with E-state index in [4.69, 9.17) is 0 Å². The number of hydrogen-bond donors (Lipinski definition) is 0. The van der Waals surface area contributed by atoms with E-state index in [0.29, 0.717) is 0 Å². The van der Waals surface area contributed by atoms with E-state index in [1.165, 1.54) is 38.8 Å². The molecule has 0 aliphatic heterocycles. The molecule has 2 rings (SSSR count). The van der Waals surface area contributed by atoms with Crippen LogP contribution in [-0.2, 0) is 4.79 Å². The zero-order valence-corrected chi connectivity index (χ0v) is 8.24. The molecule has 2 heteroatoms. The Morgan fingerprint density at radius 1 is 1.08 bits per heavy atom. The van der Waals surface area contributed by atoms with Crippen LogP contribution in [0.3, 0.4) is 0 Å². The molecule has 0 aromatic carbocycles. The zero-order chi connectivity index (χ0) is 9.10. The van der Waals surface area contributed by atoms with Crippen molar-refractivity contribution < 1.29 is 4.79 Å². The fourth-order valence-electron chi connectivity index (χ4n) is 1.82. The first-order chi connectivity index (χ1) is 6.38. The molecule has 2 aliphatic carbocycles. The van der Waals surface area contributed by atoms with E-state index in [9.17, 15) is 4.79 Å². The minimum absolute atomic E-state index is 0.722. The highest BCUT2D eigenvalue weighted by Gasteiger charge is 2.28. The molecular weight excluding hydrogens is 162 g/mol. The summed E-state index contributed by atoms with van der Waals surface area (Å²) < 4.78 is 0. The SMILES string of the molecule is O=CCCN(CC1CC1)CC1CC1. The predicted octanol–water partition coefficient (Wildman–Crippen LogP) is 1.70. The summed E-state index contributed by atoms with van der Waals surface area (Å²) in [5, 5.41) is 0. The molecule has 2 aliphatic rings. The second-order valence-electron chi connectivity index (χ2n) is 4.60. The van der Waals surface area contributed by atoms with E-state index in [0.717, 1.165) is 31.1 Å². The number of nitrogens with zero attached hydrogens (tertiary/aromatic N) is 1. The van der Waals surface area contributed by atoms with Gasteiger partial charge in [0.1, 0.15) is 6.29 Å². The zero-order valence-electron chi connectivity index (χ0n) is 8.24. The Morgan fingerprint density at radius 3 is 2.00 bits per heavy atom. The molecule has 0 amide bonds. The van der Waals surface area contributed by atoms with Crippen molar-refractivity contribution in [2.24, 2.45) is 11.8 Å². The quantitative estimate of drug-likeness (QED) is 0.557. The number of hydrogen-bond acceptors (Lipinski definition) is 2. The fourth-order valence-corrected chi connectivity index (χ4v) is 1.82. The van der Waals surface area contributed by atoms with Crippen LogP contribution in [0.2, 0.25) is 0 Å². The molecule has 0 unspecified atom stereocenters. The van der Waals surface area contributed by atoms with Gasteiger partial charge >= 0.3 is 0 Å². The van der Waals surface area contributed by atoms with E-state index >= 15 is 0 Å². The molecule has 0 saturated heterocycles. The van der Waals surface area contributed by atoms with Gasteiger partial charge < -0.3 is 9.69 Å². The summed E-state index contributed by atoms with van der Waals surface area (Å²) in [6, 6.07) is 0. The highest BCUT2D eigenvalue weighted by molar-refractivity contribution is 5.49. The third-order valence-corrected chi connectivity index (χ3v) is 2.99. The summed E-state index contributed by atoms with van der Waals surface area (Å²) in [4.78, 5) is 12.8. The maximum Gasteiger partial charge on any atom is 0.121 e. The first-order valence-electron chi connectivity index (χ1n) is 5.54. The van der Waals surface area contributed by atoms with Crippen LogP contribution in [0.5, 0.6) is 0 Å². The molecule has 2 fully saturated rings. The van der Waals surface area contributed by atoms with Crippen LogP contribution >= 0.6 is 0 Å². The Hall–Kier alpha value is -0.370. The molecule has 2 saturated carbocycles. The normalized spacial score (nSPS) is 22.2. The van der Waals surface area contributed by atoms with Crippen LogP contribution in [0.25, 0.3) is 0 Å². The van der Waals surface area contributed by atoms with E-state index < -0.39 is 0 Å². The Bertz CT molecular complexity index is 159. The Balaban J connectivity index is 1.67. The van der Waals surface area contributed by atoms with E-state index in [1.807, 2.05) is 0 Å². The van der Waals surface area contributed by atoms with Crippen LogP contribution in [-0.4, -0.2) is 30.8 Å². The number of carbonyl (C=O) groups is 1. The standard InChI is InChI=1S/C11H19NO/c13-7-1-6-12(8-10-2-3-10)9-11-4-5-11/h7,10-11H,1-6,8-9H2. The lowest BCUT2D eigenvalue weighted by Crippen LogP contribution is -2.29. The second-order valence-corrected chi connectivity index (χ2v) is 4.60. The van der Waals surface area contributed by atoms with Gasteiger partial charge in [-0.3, -0.25) is 0 Å². The maximum atomic E-state index is 10.3. The van der Waals surface area contributed by atoms with Crippen molar-refractivity contribution in [1.82, 2.24) is 4.90 Å². The van der Waals surface area contributed by atoms with E-state index in [-0.39, 0.29) is 0 Å². The van der Waals surface area contributed by atoms with Crippen molar-refractivity contribution in [3.8, 4) is 0 Å². The van der Waals surface area contributed by atoms with E-state index in [2.05, 4.69) is 4.90 Å². The fraction of sp³-hybridized carbons (Fsp3) is 0.909. The largest absolute Gasteiger partial charge is 0.303 e. The molecular formula is C11H19NO. The minimum atomic E-state index is 0.722. The van der Waals surface area contributed by atoms with Crippen molar-refractivity contribution in [2.75, 3.05) is 19.6 Å². The summed E-state index contributed by atoms with van der Waals surface area (Å²) in [6.45, 7) is 3.51. The van der Waals surface area contributed by atoms with E-state index in [1.54, 1.807) is 0 Å². The molecule has 74 valence electrons. The monoisotopic (exact) mass is 181 g/mol. The van der Waals surface area contributed by atoms with Crippen LogP contribution in [0.1, 0.15) is 32.1 Å². The molecule has 0 aromatic heterocycles. The van der Waals surface area contributed by atoms with Crippen LogP contribution in [0.4, 0.5) is 0 Å². The van der Waals surface area contributed by atoms with Gasteiger partial charge in [0, 0.05) is 26.1 Å². The molecule has 0 spiro atoms. The van der Waals surface area contributed by atoms with Gasteiger partial charge in [-0.1, -0.05) is 0 Å². The summed E-state index contributed by atoms with van der Waals surface area (Å²) in [5.41, 5.74) is 0. The minimum Gasteiger partial charge on any atom is -0.303 e. The molecule has 0 heterocycles. The van der Waals surface area contributed by atoms with Gasteiger partial charge in [0.25, 0.3) is 0 Å². The highest BCUT2D eigenvalue weighted by atomic mass is 16.1. The lowest BCUT2D eigenvalue weighted by atomic mass is 10.3. The van der Waals surface area contributed by atoms with Crippen molar-refractivity contribution >= 4 is 6.29 Å². The van der Waals surface area contributed by atoms with Crippen LogP contribution < -0.4 is 0 Å². The van der Waals surface area contributed by atoms with Gasteiger partial charge in [-0.2, -0.15) is 0 Å². The smallest absolute Gasteiger partial charge is 0.121 e. The van der Waals surface area contributed by atoms with Gasteiger partial charge in [-0.15, -0.1) is 0 Å². The summed E-state index contributed by atoms with van der Waals surface area (Å²) >= 11 is 0. The van der Waals surface area contributed by atoms with Crippen LogP contribution in [0, 0.1) is 11.8 Å². The molecule has 0 N–H and O–H groups in total. The van der Waals surface area contributed by atoms with Crippen molar-refractivity contribution in [2.45, 2.75) is 32.1 Å². The number of aldehydes is 1. The van der Waals surface area contributed by atoms with Gasteiger partial charge in [0.15, 0.2) is 0 Å². The molecule has 0 radical (unpaired) electrons. The average molecular weight is 181 g/mol. The summed E-state index contributed by atoms with van der Waals surface area (Å²) in [5.74, 6) is 1.93. The third-order valence-electron chi connectivity index (χ3n) is 2.99. The van der Waals surface area contributed by atoms with Gasteiger partial charge in [-0.05, 0) is 37.5 Å². The van der Waals surface area contributed by atoms with Gasteiger partial charge in [-0.25, -0.2) is 0 Å². The van der Waals surface area contributed by atoms with Crippen molar-refractivity contribution in [3.05, 3.63) is 0 Å². The summed E-state index contributed by atoms with van der Waals surface area (Å²) in [7, 11) is 0. The Morgan fingerprint density at radius 2 is 1.62 bits per heavy atom. The number of rotatable bonds is 7. The molecule has 0 atom stereocenters. The molecule has 0 bridgehead atoms. The first kappa shape index (κ1) is 9.20. The molecule has 2 nitrogen and oxygen atoms in total. The summed E-state index contributed by atoms with van der Waals surface area (Å²) in [6.07, 6.45) is 7.45. The lowest BCUT2D eigenvalue weighted by molar-refractivity contribution is -0.108. The van der Waals surface area contributed by atoms with Gasteiger partial charge in [0.05, 0.1) is 0 Å². The second kappa shape index (κ2) is 4.23. The Labute approximate surface area is 80.3 Å². The predicted molar refractivity (Wildman–Crippen MR) is 52.6 cm³/mol. The van der Waals surface area contributed by atoms with Gasteiger partial charge in [0.2, 0.25) is 0 Å². The van der Waals surface area contributed by atoms with Crippen LogP contribution in [0.15, 0.2) is 0 Å². The molecule has 13 heavy (non-hydrogen) atoms. The van der Waals surface area contributed by atoms with Crippen molar-refractivity contribution in [1.29, 1.82) is 0 Å². The average Bonchev–Trinajstić information content (AvgIpc) is 2.94.